The Morgan fingerprint density at radius 3 is 2.00 bits per heavy atom. The average molecular weight is 304 g/mol. The first-order valence-electron chi connectivity index (χ1n) is 5.22. The van der Waals surface area contributed by atoms with Crippen molar-refractivity contribution in [2.45, 2.75) is 17.6 Å². The van der Waals surface area contributed by atoms with Crippen LogP contribution in [-0.4, -0.2) is 43.2 Å². The number of nitrogens with two attached hydrogens (primary N) is 1. The van der Waals surface area contributed by atoms with Gasteiger partial charge in [-0.2, -0.15) is 0 Å². The molecule has 0 aliphatic heterocycles. The maximum Gasteiger partial charge on any atom is 0.133 e. The lowest BCUT2D eigenvalue weighted by Gasteiger charge is -2.41. The van der Waals surface area contributed by atoms with Crippen molar-refractivity contribution in [1.82, 2.24) is 0 Å². The van der Waals surface area contributed by atoms with Crippen molar-refractivity contribution in [2.75, 3.05) is 14.2 Å². The number of hydrogen-bond donors (Lipinski definition) is 1. The summed E-state index contributed by atoms with van der Waals surface area (Å²) in [5.74, 6) is 1.05. The van der Waals surface area contributed by atoms with E-state index < -0.39 is 10.7 Å². The lowest BCUT2D eigenvalue weighted by Crippen LogP contribution is -2.58. The van der Waals surface area contributed by atoms with E-state index in [1.165, 1.54) is 14.2 Å². The number of rotatable bonds is 4. The van der Waals surface area contributed by atoms with E-state index in [0.717, 1.165) is 4.47 Å². The van der Waals surface area contributed by atoms with E-state index in [9.17, 15) is 0 Å². The van der Waals surface area contributed by atoms with E-state index in [0.29, 0.717) is 17.1 Å². The molecule has 0 aliphatic carbocycles. The minimum absolute atomic E-state index is 0.470. The topological polar surface area (TPSA) is 44.5 Å². The van der Waals surface area contributed by atoms with Crippen molar-refractivity contribution in [3.05, 3.63) is 22.2 Å². The first-order valence-corrected chi connectivity index (χ1v) is 6.02. The molecule has 90 valence electrons. The second kappa shape index (κ2) is 5.21. The molecule has 18 heavy (non-hydrogen) atoms. The molecule has 0 aliphatic rings. The van der Waals surface area contributed by atoms with Crippen LogP contribution in [0.4, 0.5) is 0 Å². The van der Waals surface area contributed by atoms with Crippen LogP contribution in [0.25, 0.3) is 0 Å². The molecular weight excluding hydrogens is 290 g/mol. The molecule has 1 unspecified atom stereocenters. The van der Waals surface area contributed by atoms with Crippen molar-refractivity contribution in [3.8, 4) is 11.5 Å². The van der Waals surface area contributed by atoms with E-state index in [2.05, 4.69) is 15.9 Å². The summed E-state index contributed by atoms with van der Waals surface area (Å²) in [6.07, 6.45) is 0. The zero-order valence-electron chi connectivity index (χ0n) is 10.7. The van der Waals surface area contributed by atoms with Crippen LogP contribution >= 0.6 is 15.9 Å². The normalized spacial score (nSPS) is 14.9. The molecule has 3 nitrogen and oxygen atoms in total. The highest BCUT2D eigenvalue weighted by atomic mass is 79.9. The summed E-state index contributed by atoms with van der Waals surface area (Å²) < 4.78 is 11.2. The summed E-state index contributed by atoms with van der Waals surface area (Å²) in [6.45, 7) is 1.54. The van der Waals surface area contributed by atoms with Crippen LogP contribution in [0, 0.1) is 0 Å². The van der Waals surface area contributed by atoms with Crippen LogP contribution in [0.3, 0.4) is 0 Å². The molecule has 2 N–H and O–H groups in total. The standard InChI is InChI=1S/C11H13B3BrNO2/c1-10(12,16)11(13,14)6-4-9(18-3)7(15)5-8(6)17-2/h4-5H,16H2,1-3H3. The lowest BCUT2D eigenvalue weighted by molar-refractivity contribution is 0.391. The van der Waals surface area contributed by atoms with Crippen molar-refractivity contribution in [2.24, 2.45) is 5.73 Å². The van der Waals surface area contributed by atoms with Crippen molar-refractivity contribution in [3.63, 3.8) is 0 Å². The van der Waals surface area contributed by atoms with Crippen LogP contribution in [0.15, 0.2) is 16.6 Å². The van der Waals surface area contributed by atoms with E-state index in [-0.39, 0.29) is 0 Å². The van der Waals surface area contributed by atoms with Crippen LogP contribution in [0.1, 0.15) is 12.5 Å². The first kappa shape index (κ1) is 15.5. The van der Waals surface area contributed by atoms with Crippen molar-refractivity contribution < 1.29 is 9.47 Å². The predicted octanol–water partition coefficient (Wildman–Crippen LogP) is 0.800. The Labute approximate surface area is 120 Å². The lowest BCUT2D eigenvalue weighted by atomic mass is 9.38. The number of hydrogen-bond acceptors (Lipinski definition) is 3. The molecule has 0 fully saturated rings. The predicted molar refractivity (Wildman–Crippen MR) is 78.8 cm³/mol. The zero-order chi connectivity index (χ0) is 14.1. The second-order valence-corrected chi connectivity index (χ2v) is 5.19. The third-order valence-electron chi connectivity index (χ3n) is 2.81. The number of methoxy groups -OCH3 is 2. The molecule has 1 atom stereocenters. The Balaban J connectivity index is 3.48. The monoisotopic (exact) mass is 303 g/mol. The summed E-state index contributed by atoms with van der Waals surface area (Å²) in [5.41, 5.74) is 4.97. The van der Waals surface area contributed by atoms with E-state index >= 15 is 0 Å². The van der Waals surface area contributed by atoms with E-state index in [4.69, 9.17) is 38.7 Å². The van der Waals surface area contributed by atoms with Gasteiger partial charge in [0, 0.05) is 0 Å². The fraction of sp³-hybridized carbons (Fsp3) is 0.455. The van der Waals surface area contributed by atoms with Gasteiger partial charge >= 0.3 is 0 Å². The average Bonchev–Trinajstić information content (AvgIpc) is 2.26. The van der Waals surface area contributed by atoms with E-state index in [1.54, 1.807) is 19.1 Å². The summed E-state index contributed by atoms with van der Waals surface area (Å²) in [6, 6.07) is 3.36. The maximum absolute atomic E-state index is 6.04. The van der Waals surface area contributed by atoms with Gasteiger partial charge in [0.05, 0.1) is 42.2 Å². The Kier molecular flexibility index (Phi) is 4.49. The summed E-state index contributed by atoms with van der Waals surface area (Å²) >= 11 is 3.35. The van der Waals surface area contributed by atoms with Gasteiger partial charge in [0.25, 0.3) is 0 Å². The number of halogens is 1. The molecule has 0 heterocycles. The highest BCUT2D eigenvalue weighted by Crippen LogP contribution is 2.39. The van der Waals surface area contributed by atoms with Gasteiger partial charge in [0.2, 0.25) is 0 Å². The molecule has 1 aromatic rings. The Morgan fingerprint density at radius 2 is 1.61 bits per heavy atom. The van der Waals surface area contributed by atoms with Crippen LogP contribution in [0.2, 0.25) is 0 Å². The molecule has 0 bridgehead atoms. The number of ether oxygens (including phenoxy) is 2. The van der Waals surface area contributed by atoms with Gasteiger partial charge < -0.3 is 15.2 Å². The molecule has 0 saturated heterocycles. The minimum Gasteiger partial charge on any atom is -0.496 e. The quantitative estimate of drug-likeness (QED) is 0.837. The van der Waals surface area contributed by atoms with Crippen LogP contribution in [-0.2, 0) is 5.21 Å². The van der Waals surface area contributed by atoms with Crippen LogP contribution < -0.4 is 15.2 Å². The maximum atomic E-state index is 6.04. The fourth-order valence-electron chi connectivity index (χ4n) is 1.47. The van der Waals surface area contributed by atoms with Crippen molar-refractivity contribution in [1.29, 1.82) is 0 Å². The van der Waals surface area contributed by atoms with Gasteiger partial charge in [-0.05, 0) is 39.1 Å². The molecule has 7 heteroatoms. The fourth-order valence-corrected chi connectivity index (χ4v) is 1.96. The SMILES string of the molecule is [B]C(C)(N)C([B])([B])c1cc(OC)c(Br)cc1OC. The first-order chi connectivity index (χ1) is 8.15. The second-order valence-electron chi connectivity index (χ2n) is 4.34. The Hall–Kier alpha value is -0.545. The number of benzene rings is 1. The van der Waals surface area contributed by atoms with Gasteiger partial charge in [0.15, 0.2) is 0 Å². The summed E-state index contributed by atoms with van der Waals surface area (Å²) in [5, 5.41) is -1.47. The molecule has 0 amide bonds. The van der Waals surface area contributed by atoms with Gasteiger partial charge in [-0.15, -0.1) is 0 Å². The third kappa shape index (κ3) is 2.72. The highest BCUT2D eigenvalue weighted by Gasteiger charge is 2.36. The molecular formula is C11H13B3BrNO2. The smallest absolute Gasteiger partial charge is 0.133 e. The Morgan fingerprint density at radius 1 is 1.11 bits per heavy atom. The summed E-state index contributed by atoms with van der Waals surface area (Å²) in [7, 11) is 21.0. The third-order valence-corrected chi connectivity index (χ3v) is 3.43. The van der Waals surface area contributed by atoms with Crippen LogP contribution in [0.5, 0.6) is 11.5 Å². The highest BCUT2D eigenvalue weighted by molar-refractivity contribution is 9.10. The van der Waals surface area contributed by atoms with E-state index in [1.807, 2.05) is 0 Å². The molecule has 0 aromatic heterocycles. The van der Waals surface area contributed by atoms with Gasteiger partial charge in [-0.25, -0.2) is 0 Å². The summed E-state index contributed by atoms with van der Waals surface area (Å²) in [4.78, 5) is 0. The Bertz CT molecular complexity index is 447. The zero-order valence-corrected chi connectivity index (χ0v) is 12.2. The van der Waals surface area contributed by atoms with Gasteiger partial charge in [-0.3, -0.25) is 0 Å². The van der Waals surface area contributed by atoms with Gasteiger partial charge in [-0.1, -0.05) is 12.1 Å². The van der Waals surface area contributed by atoms with Crippen molar-refractivity contribution >= 4 is 39.5 Å². The minimum atomic E-state index is -1.47. The molecule has 6 radical (unpaired) electrons. The molecule has 1 rings (SSSR count). The molecule has 0 spiro atoms. The molecule has 0 saturated carbocycles. The van der Waals surface area contributed by atoms with Gasteiger partial charge in [0.1, 0.15) is 11.5 Å². The largest absolute Gasteiger partial charge is 0.496 e. The molecule has 1 aromatic carbocycles.